The SMILES string of the molecule is CC(=O)N1CCN(Cc2cn(-c3ccc(F)c(F)c3)nn2)CC1. The first-order valence-electron chi connectivity index (χ1n) is 7.37. The fourth-order valence-corrected chi connectivity index (χ4v) is 2.57. The van der Waals surface area contributed by atoms with Gasteiger partial charge in [0.25, 0.3) is 0 Å². The number of benzene rings is 1. The van der Waals surface area contributed by atoms with Crippen molar-refractivity contribution in [2.75, 3.05) is 26.2 Å². The van der Waals surface area contributed by atoms with E-state index in [1.165, 1.54) is 10.7 Å². The minimum Gasteiger partial charge on any atom is -0.340 e. The van der Waals surface area contributed by atoms with Gasteiger partial charge >= 0.3 is 0 Å². The topological polar surface area (TPSA) is 54.3 Å². The van der Waals surface area contributed by atoms with Gasteiger partial charge in [-0.15, -0.1) is 5.10 Å². The molecule has 1 aromatic carbocycles. The van der Waals surface area contributed by atoms with Crippen LogP contribution < -0.4 is 0 Å². The van der Waals surface area contributed by atoms with Gasteiger partial charge in [-0.25, -0.2) is 13.5 Å². The Balaban J connectivity index is 1.64. The van der Waals surface area contributed by atoms with Crippen molar-refractivity contribution in [1.82, 2.24) is 24.8 Å². The molecule has 0 bridgehead atoms. The predicted octanol–water partition coefficient (Wildman–Crippen LogP) is 1.21. The summed E-state index contributed by atoms with van der Waals surface area (Å²) in [6, 6.07) is 3.59. The van der Waals surface area contributed by atoms with E-state index in [1.54, 1.807) is 13.1 Å². The highest BCUT2D eigenvalue weighted by molar-refractivity contribution is 5.73. The quantitative estimate of drug-likeness (QED) is 0.853. The van der Waals surface area contributed by atoms with Crippen LogP contribution in [-0.2, 0) is 11.3 Å². The summed E-state index contributed by atoms with van der Waals surface area (Å²) in [5, 5.41) is 8.02. The molecule has 3 rings (SSSR count). The number of carbonyl (C=O) groups excluding carboxylic acids is 1. The Hall–Kier alpha value is -2.35. The number of rotatable bonds is 3. The summed E-state index contributed by atoms with van der Waals surface area (Å²) in [6.45, 7) is 5.13. The molecule has 1 aliphatic rings. The van der Waals surface area contributed by atoms with Crippen LogP contribution in [0.3, 0.4) is 0 Å². The van der Waals surface area contributed by atoms with Gasteiger partial charge < -0.3 is 4.90 Å². The molecule has 6 nitrogen and oxygen atoms in total. The first kappa shape index (κ1) is 15.5. The van der Waals surface area contributed by atoms with Gasteiger partial charge in [0.1, 0.15) is 0 Å². The molecule has 0 aliphatic carbocycles. The van der Waals surface area contributed by atoms with Crippen molar-refractivity contribution in [3.63, 3.8) is 0 Å². The summed E-state index contributed by atoms with van der Waals surface area (Å²) >= 11 is 0. The highest BCUT2D eigenvalue weighted by Gasteiger charge is 2.19. The largest absolute Gasteiger partial charge is 0.340 e. The number of piperazine rings is 1. The lowest BCUT2D eigenvalue weighted by Crippen LogP contribution is -2.47. The van der Waals surface area contributed by atoms with Crippen molar-refractivity contribution in [3.05, 3.63) is 41.7 Å². The van der Waals surface area contributed by atoms with Crippen LogP contribution in [-0.4, -0.2) is 56.9 Å². The maximum absolute atomic E-state index is 13.3. The zero-order chi connectivity index (χ0) is 16.4. The lowest BCUT2D eigenvalue weighted by molar-refractivity contribution is -0.130. The van der Waals surface area contributed by atoms with E-state index in [0.717, 1.165) is 30.9 Å². The maximum Gasteiger partial charge on any atom is 0.219 e. The molecule has 0 atom stereocenters. The molecule has 0 spiro atoms. The van der Waals surface area contributed by atoms with Gasteiger partial charge in [0.05, 0.1) is 17.6 Å². The summed E-state index contributed by atoms with van der Waals surface area (Å²) in [5.41, 5.74) is 1.16. The molecule has 1 saturated heterocycles. The smallest absolute Gasteiger partial charge is 0.219 e. The number of hydrogen-bond donors (Lipinski definition) is 0. The monoisotopic (exact) mass is 321 g/mol. The van der Waals surface area contributed by atoms with Gasteiger partial charge in [0.15, 0.2) is 11.6 Å². The first-order chi connectivity index (χ1) is 11.0. The molecular formula is C15H17F2N5O. The van der Waals surface area contributed by atoms with Crippen LogP contribution >= 0.6 is 0 Å². The van der Waals surface area contributed by atoms with Gasteiger partial charge in [-0.1, -0.05) is 5.21 Å². The fraction of sp³-hybridized carbons (Fsp3) is 0.400. The molecule has 0 N–H and O–H groups in total. The van der Waals surface area contributed by atoms with Crippen LogP contribution in [0.1, 0.15) is 12.6 Å². The number of halogens is 2. The van der Waals surface area contributed by atoms with E-state index in [9.17, 15) is 13.6 Å². The van der Waals surface area contributed by atoms with Gasteiger partial charge in [0, 0.05) is 45.7 Å². The third kappa shape index (κ3) is 3.53. The molecule has 23 heavy (non-hydrogen) atoms. The summed E-state index contributed by atoms with van der Waals surface area (Å²) in [7, 11) is 0. The molecule has 2 aromatic rings. The van der Waals surface area contributed by atoms with Crippen molar-refractivity contribution in [2.24, 2.45) is 0 Å². The molecule has 0 saturated carbocycles. The van der Waals surface area contributed by atoms with Crippen LogP contribution in [0.5, 0.6) is 0 Å². The average Bonchev–Trinajstić information content (AvgIpc) is 2.99. The normalized spacial score (nSPS) is 15.9. The second-order valence-electron chi connectivity index (χ2n) is 5.54. The highest BCUT2D eigenvalue weighted by Crippen LogP contribution is 2.13. The van der Waals surface area contributed by atoms with E-state index >= 15 is 0 Å². The third-order valence-electron chi connectivity index (χ3n) is 3.91. The Kier molecular flexibility index (Phi) is 4.33. The number of amides is 1. The number of carbonyl (C=O) groups is 1. The van der Waals surface area contributed by atoms with E-state index in [0.29, 0.717) is 25.3 Å². The fourth-order valence-electron chi connectivity index (χ4n) is 2.57. The van der Waals surface area contributed by atoms with Crippen molar-refractivity contribution >= 4 is 5.91 Å². The molecule has 8 heteroatoms. The standard InChI is InChI=1S/C15H17F2N5O/c1-11(23)21-6-4-20(5-7-21)9-12-10-22(19-18-12)13-2-3-14(16)15(17)8-13/h2-3,8,10H,4-7,9H2,1H3. The number of hydrogen-bond acceptors (Lipinski definition) is 4. The second-order valence-corrected chi connectivity index (χ2v) is 5.54. The summed E-state index contributed by atoms with van der Waals surface area (Å²) in [5.74, 6) is -1.72. The van der Waals surface area contributed by atoms with Crippen molar-refractivity contribution in [1.29, 1.82) is 0 Å². The number of nitrogens with zero attached hydrogens (tertiary/aromatic N) is 5. The highest BCUT2D eigenvalue weighted by atomic mass is 19.2. The third-order valence-corrected chi connectivity index (χ3v) is 3.91. The Bertz CT molecular complexity index is 710. The van der Waals surface area contributed by atoms with Crippen molar-refractivity contribution < 1.29 is 13.6 Å². The Morgan fingerprint density at radius 2 is 1.91 bits per heavy atom. The maximum atomic E-state index is 13.3. The molecule has 1 aliphatic heterocycles. The van der Waals surface area contributed by atoms with Gasteiger partial charge in [-0.3, -0.25) is 9.69 Å². The minimum absolute atomic E-state index is 0.0916. The van der Waals surface area contributed by atoms with Crippen molar-refractivity contribution in [3.8, 4) is 5.69 Å². The van der Waals surface area contributed by atoms with Crippen molar-refractivity contribution in [2.45, 2.75) is 13.5 Å². The zero-order valence-electron chi connectivity index (χ0n) is 12.7. The zero-order valence-corrected chi connectivity index (χ0v) is 12.7. The summed E-state index contributed by atoms with van der Waals surface area (Å²) in [4.78, 5) is 15.3. The summed E-state index contributed by atoms with van der Waals surface area (Å²) < 4.78 is 27.7. The minimum atomic E-state index is -0.917. The second kappa shape index (κ2) is 6.41. The predicted molar refractivity (Wildman–Crippen MR) is 78.8 cm³/mol. The molecule has 0 radical (unpaired) electrons. The van der Waals surface area contributed by atoms with Gasteiger partial charge in [0.2, 0.25) is 5.91 Å². The number of aromatic nitrogens is 3. The van der Waals surface area contributed by atoms with E-state index < -0.39 is 11.6 Å². The van der Waals surface area contributed by atoms with Gasteiger partial charge in [-0.05, 0) is 12.1 Å². The summed E-state index contributed by atoms with van der Waals surface area (Å²) in [6.07, 6.45) is 1.70. The van der Waals surface area contributed by atoms with E-state index in [4.69, 9.17) is 0 Å². The molecule has 1 aromatic heterocycles. The Labute approximate surface area is 132 Å². The van der Waals surface area contributed by atoms with E-state index in [1.807, 2.05) is 4.90 Å². The van der Waals surface area contributed by atoms with Crippen LogP contribution in [0.2, 0.25) is 0 Å². The van der Waals surface area contributed by atoms with E-state index in [2.05, 4.69) is 15.2 Å². The van der Waals surface area contributed by atoms with E-state index in [-0.39, 0.29) is 5.91 Å². The van der Waals surface area contributed by atoms with Crippen LogP contribution in [0.25, 0.3) is 5.69 Å². The average molecular weight is 321 g/mol. The van der Waals surface area contributed by atoms with Crippen LogP contribution in [0, 0.1) is 11.6 Å². The molecule has 2 heterocycles. The Morgan fingerprint density at radius 1 is 1.17 bits per heavy atom. The molecule has 0 unspecified atom stereocenters. The van der Waals surface area contributed by atoms with Crippen LogP contribution in [0.15, 0.2) is 24.4 Å². The molecule has 1 amide bonds. The van der Waals surface area contributed by atoms with Gasteiger partial charge in [-0.2, -0.15) is 0 Å². The molecule has 122 valence electrons. The lowest BCUT2D eigenvalue weighted by Gasteiger charge is -2.33. The molecule has 1 fully saturated rings. The Morgan fingerprint density at radius 3 is 2.57 bits per heavy atom. The van der Waals surface area contributed by atoms with Crippen LogP contribution in [0.4, 0.5) is 8.78 Å². The molecular weight excluding hydrogens is 304 g/mol. The lowest BCUT2D eigenvalue weighted by atomic mass is 10.3. The first-order valence-corrected chi connectivity index (χ1v) is 7.37.